The van der Waals surface area contributed by atoms with E-state index in [0.717, 1.165) is 0 Å². The average Bonchev–Trinajstić information content (AvgIpc) is 2.21. The summed E-state index contributed by atoms with van der Waals surface area (Å²) in [5.41, 5.74) is 0. The Morgan fingerprint density at radius 1 is 0.609 bits per heavy atom. The lowest BCUT2D eigenvalue weighted by molar-refractivity contribution is -0.538. The predicted molar refractivity (Wildman–Crippen MR) is 38.4 cm³/mol. The molecule has 0 saturated heterocycles. The summed E-state index contributed by atoms with van der Waals surface area (Å²) in [6.45, 7) is 0. The highest BCUT2D eigenvalue weighted by atomic mass is 19.4. The van der Waals surface area contributed by atoms with E-state index in [0.29, 0.717) is 0 Å². The molecule has 0 aromatic carbocycles. The molecule has 0 aliphatic carbocycles. The largest absolute Gasteiger partial charge is 0.525 e. The quantitative estimate of drug-likeness (QED) is 0.621. The summed E-state index contributed by atoms with van der Waals surface area (Å²) in [7, 11) is 0. The molecule has 23 heavy (non-hydrogen) atoms. The Labute approximate surface area is 115 Å². The number of halogens is 14. The molecular weight excluding hydrogens is 382 g/mol. The van der Waals surface area contributed by atoms with Gasteiger partial charge in [0.25, 0.3) is 5.83 Å². The lowest BCUT2D eigenvalue weighted by Gasteiger charge is -2.35. The third-order valence-electron chi connectivity index (χ3n) is 1.67. The molecule has 0 spiro atoms. The van der Waals surface area contributed by atoms with Crippen molar-refractivity contribution in [2.75, 3.05) is 0 Å². The molecule has 0 aliphatic rings. The van der Waals surface area contributed by atoms with Crippen LogP contribution in [0.3, 0.4) is 0 Å². The van der Waals surface area contributed by atoms with Gasteiger partial charge in [0.15, 0.2) is 0 Å². The van der Waals surface area contributed by atoms with Crippen LogP contribution in [0.4, 0.5) is 61.5 Å². The lowest BCUT2D eigenvalue weighted by Crippen LogP contribution is -2.62. The van der Waals surface area contributed by atoms with E-state index in [-0.39, 0.29) is 0 Å². The van der Waals surface area contributed by atoms with Gasteiger partial charge in [-0.15, -0.1) is 13.2 Å². The molecule has 1 atom stereocenters. The molecule has 0 rings (SSSR count). The van der Waals surface area contributed by atoms with Crippen LogP contribution in [0.15, 0.2) is 11.9 Å². The van der Waals surface area contributed by atoms with Crippen molar-refractivity contribution in [3.8, 4) is 0 Å². The summed E-state index contributed by atoms with van der Waals surface area (Å²) < 4.78 is 172. The van der Waals surface area contributed by atoms with Crippen LogP contribution in [0.1, 0.15) is 0 Å². The van der Waals surface area contributed by atoms with Crippen LogP contribution < -0.4 is 0 Å². The second-order valence-electron chi connectivity index (χ2n) is 3.35. The molecule has 0 aromatic heterocycles. The molecule has 16 heteroatoms. The molecule has 0 bridgehead atoms. The molecule has 0 N–H and O–H groups in total. The Morgan fingerprint density at radius 2 is 1.00 bits per heavy atom. The van der Waals surface area contributed by atoms with Gasteiger partial charge in [0.2, 0.25) is 0 Å². The van der Waals surface area contributed by atoms with Gasteiger partial charge in [0.05, 0.1) is 0 Å². The van der Waals surface area contributed by atoms with Crippen LogP contribution in [0.2, 0.25) is 0 Å². The molecule has 1 unspecified atom stereocenters. The van der Waals surface area contributed by atoms with Gasteiger partial charge < -0.3 is 0 Å². The van der Waals surface area contributed by atoms with E-state index in [1.165, 1.54) is 4.74 Å². The number of hydrogen-bond acceptors (Lipinski definition) is 2. The third kappa shape index (κ3) is 4.82. The Morgan fingerprint density at radius 3 is 1.26 bits per heavy atom. The SMILES string of the molecule is FC(F)=C(F)C(F)(F)OC(F)(F)C(F)(OC(F)(F)F)C(F)(F)F. The summed E-state index contributed by atoms with van der Waals surface area (Å²) in [6, 6.07) is 0. The van der Waals surface area contributed by atoms with Crippen molar-refractivity contribution in [3.05, 3.63) is 11.9 Å². The van der Waals surface area contributed by atoms with Gasteiger partial charge in [-0.2, -0.15) is 48.3 Å². The van der Waals surface area contributed by atoms with Crippen molar-refractivity contribution in [1.29, 1.82) is 0 Å². The van der Waals surface area contributed by atoms with Crippen LogP contribution >= 0.6 is 0 Å². The number of alkyl halides is 11. The molecule has 0 saturated carbocycles. The monoisotopic (exact) mass is 382 g/mol. The standard InChI is InChI=1S/C7F14O2/c8-1(2(9)10)3(11,12)22-6(17,18)4(13,5(14,15)16)23-7(19,20)21. The molecule has 0 fully saturated rings. The van der Waals surface area contributed by atoms with Gasteiger partial charge in [-0.3, -0.25) is 0 Å². The van der Waals surface area contributed by atoms with Crippen LogP contribution in [0.25, 0.3) is 0 Å². The molecule has 0 aromatic rings. The Hall–Kier alpha value is -1.32. The zero-order chi connectivity index (χ0) is 19.1. The maximum absolute atomic E-state index is 13.0. The van der Waals surface area contributed by atoms with Gasteiger partial charge in [-0.25, -0.2) is 9.47 Å². The van der Waals surface area contributed by atoms with Gasteiger partial charge in [0.1, 0.15) is 0 Å². The van der Waals surface area contributed by atoms with Gasteiger partial charge in [-0.05, 0) is 0 Å². The maximum atomic E-state index is 13.0. The smallest absolute Gasteiger partial charge is 0.244 e. The fourth-order valence-corrected chi connectivity index (χ4v) is 0.823. The van der Waals surface area contributed by atoms with E-state index in [4.69, 9.17) is 0 Å². The second kappa shape index (κ2) is 5.95. The first-order valence-corrected chi connectivity index (χ1v) is 4.46. The van der Waals surface area contributed by atoms with E-state index in [1.54, 1.807) is 4.74 Å². The third-order valence-corrected chi connectivity index (χ3v) is 1.67. The fraction of sp³-hybridized carbons (Fsp3) is 0.714. The van der Waals surface area contributed by atoms with E-state index in [9.17, 15) is 61.5 Å². The number of hydrogen-bond donors (Lipinski definition) is 0. The highest BCUT2D eigenvalue weighted by Gasteiger charge is 2.79. The molecule has 138 valence electrons. The van der Waals surface area contributed by atoms with Crippen molar-refractivity contribution in [1.82, 2.24) is 0 Å². The predicted octanol–water partition coefficient (Wildman–Crippen LogP) is 5.03. The van der Waals surface area contributed by atoms with Gasteiger partial charge in [-0.1, -0.05) is 0 Å². The first-order chi connectivity index (χ1) is 9.77. The molecular formula is C7F14O2. The van der Waals surface area contributed by atoms with Gasteiger partial charge >= 0.3 is 36.7 Å². The van der Waals surface area contributed by atoms with Crippen molar-refractivity contribution < 1.29 is 70.9 Å². The molecule has 0 radical (unpaired) electrons. The zero-order valence-electron chi connectivity index (χ0n) is 9.61. The summed E-state index contributed by atoms with van der Waals surface area (Å²) in [5.74, 6) is -11.5. The molecule has 2 nitrogen and oxygen atoms in total. The normalized spacial score (nSPS) is 17.0. The molecule has 0 heterocycles. The summed E-state index contributed by atoms with van der Waals surface area (Å²) in [4.78, 5) is 0. The van der Waals surface area contributed by atoms with Crippen molar-refractivity contribution in [2.24, 2.45) is 0 Å². The average molecular weight is 382 g/mol. The van der Waals surface area contributed by atoms with E-state index in [2.05, 4.69) is 0 Å². The summed E-state index contributed by atoms with van der Waals surface area (Å²) in [5, 5.41) is 0. The second-order valence-corrected chi connectivity index (χ2v) is 3.35. The first-order valence-electron chi connectivity index (χ1n) is 4.46. The van der Waals surface area contributed by atoms with Crippen LogP contribution in [0, 0.1) is 0 Å². The van der Waals surface area contributed by atoms with Crippen molar-refractivity contribution in [2.45, 2.75) is 30.6 Å². The Kier molecular flexibility index (Phi) is 5.61. The minimum absolute atomic E-state index is 1.41. The van der Waals surface area contributed by atoms with Crippen LogP contribution in [0.5, 0.6) is 0 Å². The minimum Gasteiger partial charge on any atom is -0.244 e. The molecule has 0 amide bonds. The molecule has 0 aliphatic heterocycles. The van der Waals surface area contributed by atoms with E-state index < -0.39 is 42.5 Å². The maximum Gasteiger partial charge on any atom is 0.525 e. The zero-order valence-corrected chi connectivity index (χ0v) is 9.61. The highest BCUT2D eigenvalue weighted by Crippen LogP contribution is 2.52. The fourth-order valence-electron chi connectivity index (χ4n) is 0.823. The minimum atomic E-state index is -7.35. The summed E-state index contributed by atoms with van der Waals surface area (Å²) >= 11 is 0. The number of rotatable bonds is 5. The Bertz CT molecular complexity index is 457. The van der Waals surface area contributed by atoms with E-state index in [1.807, 2.05) is 0 Å². The van der Waals surface area contributed by atoms with Crippen molar-refractivity contribution >= 4 is 0 Å². The van der Waals surface area contributed by atoms with Gasteiger partial charge in [0, 0.05) is 0 Å². The lowest BCUT2D eigenvalue weighted by atomic mass is 10.2. The Balaban J connectivity index is 5.94. The number of ether oxygens (including phenoxy) is 2. The van der Waals surface area contributed by atoms with Crippen LogP contribution in [-0.4, -0.2) is 30.6 Å². The van der Waals surface area contributed by atoms with Crippen LogP contribution in [-0.2, 0) is 9.47 Å². The van der Waals surface area contributed by atoms with Crippen molar-refractivity contribution in [3.63, 3.8) is 0 Å². The topological polar surface area (TPSA) is 18.5 Å². The summed E-state index contributed by atoms with van der Waals surface area (Å²) in [6.07, 6.45) is -32.1. The van der Waals surface area contributed by atoms with E-state index >= 15 is 0 Å². The first kappa shape index (κ1) is 21.7. The highest BCUT2D eigenvalue weighted by molar-refractivity contribution is 5.01.